The van der Waals surface area contributed by atoms with Crippen LogP contribution in [-0.4, -0.2) is 80.6 Å². The lowest BCUT2D eigenvalue weighted by Crippen LogP contribution is -2.50. The van der Waals surface area contributed by atoms with E-state index in [9.17, 15) is 19.5 Å². The molecule has 0 amide bonds. The summed E-state index contributed by atoms with van der Waals surface area (Å²) in [4.78, 5) is 37.2. The molecule has 0 rings (SSSR count). The van der Waals surface area contributed by atoms with E-state index in [0.29, 0.717) is 19.3 Å². The number of nitrogens with zero attached hydrogens (tertiary/aromatic N) is 1. The summed E-state index contributed by atoms with van der Waals surface area (Å²) in [6.07, 6.45) is 60.9. The Labute approximate surface area is 400 Å². The monoisotopic (exact) mass is 911 g/mol. The fourth-order valence-corrected chi connectivity index (χ4v) is 7.59. The number of hydrogen-bond acceptors (Lipinski definition) is 6. The molecule has 0 aliphatic rings. The largest absolute Gasteiger partial charge is 0.477 e. The number of allylic oxidation sites excluding steroid dienone is 12. The van der Waals surface area contributed by atoms with Gasteiger partial charge >= 0.3 is 17.9 Å². The fourth-order valence-electron chi connectivity index (χ4n) is 7.59. The van der Waals surface area contributed by atoms with E-state index in [0.717, 1.165) is 77.0 Å². The minimum atomic E-state index is -0.876. The van der Waals surface area contributed by atoms with Crippen LogP contribution in [0.1, 0.15) is 219 Å². The molecule has 0 aromatic heterocycles. The molecule has 8 heteroatoms. The molecule has 8 nitrogen and oxygen atoms in total. The summed E-state index contributed by atoms with van der Waals surface area (Å²) in [7, 11) is 5.53. The molecule has 374 valence electrons. The first-order valence-electron chi connectivity index (χ1n) is 26.5. The fraction of sp³-hybridized carbons (Fsp3) is 0.737. The van der Waals surface area contributed by atoms with E-state index in [1.165, 1.54) is 109 Å². The van der Waals surface area contributed by atoms with Gasteiger partial charge in [-0.15, -0.1) is 0 Å². The van der Waals surface area contributed by atoms with Gasteiger partial charge in [-0.3, -0.25) is 9.59 Å². The lowest BCUT2D eigenvalue weighted by Gasteiger charge is -2.31. The van der Waals surface area contributed by atoms with Crippen molar-refractivity contribution < 1.29 is 38.2 Å². The Balaban J connectivity index is 4.22. The highest BCUT2D eigenvalue weighted by molar-refractivity contribution is 5.72. The van der Waals surface area contributed by atoms with E-state index >= 15 is 0 Å². The van der Waals surface area contributed by atoms with E-state index in [1.807, 2.05) is 21.1 Å². The summed E-state index contributed by atoms with van der Waals surface area (Å²) < 4.78 is 17.4. The van der Waals surface area contributed by atoms with Crippen molar-refractivity contribution >= 4 is 17.9 Å². The molecular weight excluding hydrogens is 811 g/mol. The van der Waals surface area contributed by atoms with Crippen LogP contribution in [0.25, 0.3) is 0 Å². The molecular formula is C57H100NO7+. The summed E-state index contributed by atoms with van der Waals surface area (Å²) in [5, 5.41) is 9.66. The molecule has 65 heavy (non-hydrogen) atoms. The van der Waals surface area contributed by atoms with Crippen molar-refractivity contribution in [1.82, 2.24) is 0 Å². The molecule has 2 atom stereocenters. The minimum absolute atomic E-state index is 0.0558. The van der Waals surface area contributed by atoms with Gasteiger partial charge in [0.05, 0.1) is 34.4 Å². The second kappa shape index (κ2) is 47.3. The number of carbonyl (C=O) groups is 3. The van der Waals surface area contributed by atoms with Crippen LogP contribution in [0.4, 0.5) is 0 Å². The average molecular weight is 911 g/mol. The van der Waals surface area contributed by atoms with Gasteiger partial charge in [0.2, 0.25) is 0 Å². The molecule has 0 saturated carbocycles. The third-order valence-corrected chi connectivity index (χ3v) is 11.6. The predicted molar refractivity (Wildman–Crippen MR) is 275 cm³/mol. The molecule has 0 spiro atoms. The van der Waals surface area contributed by atoms with Crippen molar-refractivity contribution in [3.8, 4) is 0 Å². The van der Waals surface area contributed by atoms with Gasteiger partial charge in [0, 0.05) is 19.3 Å². The highest BCUT2D eigenvalue weighted by Gasteiger charge is 2.31. The Morgan fingerprint density at radius 1 is 0.462 bits per heavy atom. The SMILES string of the molecule is CC/C=C/C/C=C/C/C=C/CCCCCCCCCCCCCC(=O)OCC(COCCC(C(=O)O)[N+](C)(C)C)OC(=O)CCCCCCCCCCCC/C=C/C/C=C/C/C=C/CC. The van der Waals surface area contributed by atoms with E-state index in [-0.39, 0.29) is 36.2 Å². The molecule has 0 heterocycles. The van der Waals surface area contributed by atoms with Crippen LogP contribution < -0.4 is 0 Å². The van der Waals surface area contributed by atoms with Crippen molar-refractivity contribution in [2.45, 2.75) is 231 Å². The Kier molecular flexibility index (Phi) is 44.9. The van der Waals surface area contributed by atoms with Crippen LogP contribution in [0.2, 0.25) is 0 Å². The number of rotatable bonds is 47. The van der Waals surface area contributed by atoms with Gasteiger partial charge in [0.25, 0.3) is 0 Å². The Morgan fingerprint density at radius 3 is 1.20 bits per heavy atom. The smallest absolute Gasteiger partial charge is 0.362 e. The summed E-state index contributed by atoms with van der Waals surface area (Å²) in [6, 6.07) is -0.619. The number of esters is 2. The summed E-state index contributed by atoms with van der Waals surface area (Å²) in [5.41, 5.74) is 0. The molecule has 0 aliphatic carbocycles. The van der Waals surface area contributed by atoms with E-state index in [4.69, 9.17) is 14.2 Å². The van der Waals surface area contributed by atoms with Gasteiger partial charge in [0.15, 0.2) is 12.1 Å². The maximum absolute atomic E-state index is 12.8. The summed E-state index contributed by atoms with van der Waals surface area (Å²) >= 11 is 0. The van der Waals surface area contributed by atoms with Gasteiger partial charge in [0.1, 0.15) is 6.61 Å². The summed E-state index contributed by atoms with van der Waals surface area (Å²) in [5.74, 6) is -1.47. The zero-order valence-electron chi connectivity index (χ0n) is 42.7. The van der Waals surface area contributed by atoms with Gasteiger partial charge in [-0.25, -0.2) is 4.79 Å². The number of unbranched alkanes of at least 4 members (excludes halogenated alkanes) is 21. The average Bonchev–Trinajstić information content (AvgIpc) is 3.27. The number of carbonyl (C=O) groups excluding carboxylic acids is 2. The van der Waals surface area contributed by atoms with E-state index < -0.39 is 18.1 Å². The van der Waals surface area contributed by atoms with Crippen LogP contribution in [-0.2, 0) is 28.6 Å². The quantitative estimate of drug-likeness (QED) is 0.0281. The van der Waals surface area contributed by atoms with Gasteiger partial charge in [-0.05, 0) is 77.0 Å². The number of hydrogen-bond donors (Lipinski definition) is 1. The molecule has 0 saturated heterocycles. The van der Waals surface area contributed by atoms with Crippen molar-refractivity contribution in [3.05, 3.63) is 72.9 Å². The Morgan fingerprint density at radius 2 is 0.815 bits per heavy atom. The Hall–Kier alpha value is -3.23. The van der Waals surface area contributed by atoms with Crippen molar-refractivity contribution in [2.75, 3.05) is 41.0 Å². The first-order valence-corrected chi connectivity index (χ1v) is 26.5. The lowest BCUT2D eigenvalue weighted by molar-refractivity contribution is -0.887. The number of carboxylic acids is 1. The second-order valence-corrected chi connectivity index (χ2v) is 18.7. The van der Waals surface area contributed by atoms with E-state index in [1.54, 1.807) is 0 Å². The molecule has 2 unspecified atom stereocenters. The predicted octanol–water partition coefficient (Wildman–Crippen LogP) is 15.5. The number of likely N-dealkylation sites (N-methyl/N-ethyl adjacent to an activating group) is 1. The van der Waals surface area contributed by atoms with Crippen LogP contribution in [0.15, 0.2) is 72.9 Å². The van der Waals surface area contributed by atoms with Crippen LogP contribution in [0.3, 0.4) is 0 Å². The first-order chi connectivity index (χ1) is 31.6. The van der Waals surface area contributed by atoms with Crippen LogP contribution in [0.5, 0.6) is 0 Å². The van der Waals surface area contributed by atoms with Crippen LogP contribution >= 0.6 is 0 Å². The van der Waals surface area contributed by atoms with Crippen molar-refractivity contribution in [3.63, 3.8) is 0 Å². The third-order valence-electron chi connectivity index (χ3n) is 11.6. The zero-order valence-corrected chi connectivity index (χ0v) is 42.7. The highest BCUT2D eigenvalue weighted by Crippen LogP contribution is 2.16. The van der Waals surface area contributed by atoms with Crippen molar-refractivity contribution in [1.29, 1.82) is 0 Å². The standard InChI is InChI=1S/C57H99NO7/c1-6-8-10-12-14-16-18-20-22-24-26-28-30-31-33-35-37-39-41-43-45-47-55(59)64-52-53(51-63-50-49-54(57(61)62)58(3,4)5)65-56(60)48-46-44-42-40-38-36-34-32-29-27-25-23-21-19-17-15-13-11-9-7-2/h8-11,14-17,20-23,53-54H,6-7,12-13,18-19,24-52H2,1-5H3/p+1/b10-8+,11-9+,16-14+,17-15+,22-20+,23-21+. The zero-order chi connectivity index (χ0) is 47.7. The minimum Gasteiger partial charge on any atom is -0.477 e. The summed E-state index contributed by atoms with van der Waals surface area (Å²) in [6.45, 7) is 4.53. The molecule has 0 aliphatic heterocycles. The van der Waals surface area contributed by atoms with Gasteiger partial charge < -0.3 is 23.8 Å². The molecule has 0 aromatic rings. The van der Waals surface area contributed by atoms with E-state index in [2.05, 4.69) is 86.8 Å². The molecule has 0 radical (unpaired) electrons. The first kappa shape index (κ1) is 61.8. The number of carboxylic acid groups (broad SMARTS) is 1. The number of aliphatic carboxylic acids is 1. The van der Waals surface area contributed by atoms with Gasteiger partial charge in [-0.1, -0.05) is 196 Å². The van der Waals surface area contributed by atoms with Crippen LogP contribution in [0, 0.1) is 0 Å². The second-order valence-electron chi connectivity index (χ2n) is 18.7. The topological polar surface area (TPSA) is 99.1 Å². The molecule has 1 N–H and O–H groups in total. The maximum atomic E-state index is 12.8. The third kappa shape index (κ3) is 45.7. The number of quaternary nitrogens is 1. The van der Waals surface area contributed by atoms with Crippen molar-refractivity contribution in [2.24, 2.45) is 0 Å². The maximum Gasteiger partial charge on any atom is 0.362 e. The lowest BCUT2D eigenvalue weighted by atomic mass is 10.0. The van der Waals surface area contributed by atoms with Gasteiger partial charge in [-0.2, -0.15) is 0 Å². The molecule has 0 fully saturated rings. The normalized spacial score (nSPS) is 13.4. The Bertz CT molecular complexity index is 1290. The molecule has 0 aromatic carbocycles. The highest BCUT2D eigenvalue weighted by atomic mass is 16.6. The molecule has 0 bridgehead atoms. The number of ether oxygens (including phenoxy) is 3.